The lowest BCUT2D eigenvalue weighted by atomic mass is 9.82. The van der Waals surface area contributed by atoms with Crippen LogP contribution in [0, 0.1) is 5.92 Å². The van der Waals surface area contributed by atoms with Crippen molar-refractivity contribution in [1.82, 2.24) is 15.0 Å². The van der Waals surface area contributed by atoms with Crippen LogP contribution in [0.4, 0.5) is 0 Å². The van der Waals surface area contributed by atoms with Gasteiger partial charge in [0.25, 0.3) is 0 Å². The first-order valence-corrected chi connectivity index (χ1v) is 6.73. The van der Waals surface area contributed by atoms with Crippen molar-refractivity contribution in [2.75, 3.05) is 6.61 Å². The Kier molecular flexibility index (Phi) is 2.93. The molecule has 5 heteroatoms. The lowest BCUT2D eigenvalue weighted by Gasteiger charge is -2.37. The maximum atomic E-state index is 12.4. The minimum atomic E-state index is -0.0131. The van der Waals surface area contributed by atoms with E-state index in [0.717, 1.165) is 25.7 Å². The summed E-state index contributed by atoms with van der Waals surface area (Å²) in [4.78, 5) is 12.4. The minimum Gasteiger partial charge on any atom is -0.375 e. The zero-order chi connectivity index (χ0) is 12.6. The minimum absolute atomic E-state index is 0.0131. The summed E-state index contributed by atoms with van der Waals surface area (Å²) in [6, 6.07) is 0. The molecule has 1 saturated carbocycles. The summed E-state index contributed by atoms with van der Waals surface area (Å²) in [6.45, 7) is 0.705. The molecule has 0 radical (unpaired) electrons. The van der Waals surface area contributed by atoms with Gasteiger partial charge >= 0.3 is 0 Å². The lowest BCUT2D eigenvalue weighted by Crippen LogP contribution is -2.39. The summed E-state index contributed by atoms with van der Waals surface area (Å²) in [7, 11) is 1.78. The summed E-state index contributed by atoms with van der Waals surface area (Å²) >= 11 is 0. The van der Waals surface area contributed by atoms with Gasteiger partial charge in [0, 0.05) is 19.6 Å². The maximum absolute atomic E-state index is 12.4. The standard InChI is InChI=1S/C13H19N3O2/c1-16-9-11(14-15-16)12(17)10-4-7-18-13(8-10)5-2-3-6-13/h9-10H,2-8H2,1H3. The van der Waals surface area contributed by atoms with Crippen LogP contribution in [0.15, 0.2) is 6.20 Å². The zero-order valence-electron chi connectivity index (χ0n) is 10.8. The van der Waals surface area contributed by atoms with Gasteiger partial charge in [-0.05, 0) is 25.7 Å². The van der Waals surface area contributed by atoms with Crippen molar-refractivity contribution >= 4 is 5.78 Å². The number of aromatic nitrogens is 3. The number of Topliss-reactive ketones (excluding diaryl/α,β-unsaturated/α-hetero) is 1. The molecule has 0 bridgehead atoms. The van der Waals surface area contributed by atoms with Crippen LogP contribution in [-0.2, 0) is 11.8 Å². The third-order valence-corrected chi connectivity index (χ3v) is 4.23. The maximum Gasteiger partial charge on any atom is 0.187 e. The van der Waals surface area contributed by atoms with Gasteiger partial charge in [0.05, 0.1) is 11.8 Å². The van der Waals surface area contributed by atoms with E-state index in [0.29, 0.717) is 12.3 Å². The number of aryl methyl sites for hydroxylation is 1. The molecule has 1 atom stereocenters. The first-order chi connectivity index (χ1) is 8.69. The first-order valence-electron chi connectivity index (χ1n) is 6.73. The highest BCUT2D eigenvalue weighted by Crippen LogP contribution is 2.42. The summed E-state index contributed by atoms with van der Waals surface area (Å²) in [5.74, 6) is 0.200. The number of ketones is 1. The monoisotopic (exact) mass is 249 g/mol. The average Bonchev–Trinajstić information content (AvgIpc) is 2.98. The predicted octanol–water partition coefficient (Wildman–Crippen LogP) is 1.74. The van der Waals surface area contributed by atoms with Crippen LogP contribution in [-0.4, -0.2) is 33.0 Å². The number of hydrogen-bond donors (Lipinski definition) is 0. The second-order valence-corrected chi connectivity index (χ2v) is 5.57. The van der Waals surface area contributed by atoms with Gasteiger partial charge < -0.3 is 4.74 Å². The largest absolute Gasteiger partial charge is 0.375 e. The quantitative estimate of drug-likeness (QED) is 0.749. The van der Waals surface area contributed by atoms with Crippen molar-refractivity contribution in [1.29, 1.82) is 0 Å². The fourth-order valence-corrected chi connectivity index (χ4v) is 3.29. The van der Waals surface area contributed by atoms with Gasteiger partial charge in [-0.25, -0.2) is 0 Å². The number of carbonyl (C=O) groups excluding carboxylic acids is 1. The fourth-order valence-electron chi connectivity index (χ4n) is 3.29. The molecule has 0 aromatic carbocycles. The van der Waals surface area contributed by atoms with E-state index in [4.69, 9.17) is 4.74 Å². The number of carbonyl (C=O) groups is 1. The van der Waals surface area contributed by atoms with Crippen molar-refractivity contribution in [2.24, 2.45) is 13.0 Å². The number of ether oxygens (including phenoxy) is 1. The van der Waals surface area contributed by atoms with Crippen LogP contribution in [0.5, 0.6) is 0 Å². The van der Waals surface area contributed by atoms with Gasteiger partial charge in [0.15, 0.2) is 5.78 Å². The SMILES string of the molecule is Cn1cc(C(=O)C2CCOC3(CCCC3)C2)nn1. The van der Waals surface area contributed by atoms with Gasteiger partial charge in [-0.3, -0.25) is 9.48 Å². The van der Waals surface area contributed by atoms with E-state index in [1.54, 1.807) is 17.9 Å². The molecule has 0 N–H and O–H groups in total. The molecule has 1 unspecified atom stereocenters. The normalized spacial score (nSPS) is 26.6. The molecule has 1 saturated heterocycles. The van der Waals surface area contributed by atoms with Gasteiger partial charge in [-0.2, -0.15) is 0 Å². The van der Waals surface area contributed by atoms with Crippen LogP contribution in [0.25, 0.3) is 0 Å². The summed E-state index contributed by atoms with van der Waals surface area (Å²) in [5.41, 5.74) is 0.485. The Morgan fingerprint density at radius 1 is 1.50 bits per heavy atom. The Balaban J connectivity index is 1.74. The van der Waals surface area contributed by atoms with E-state index in [1.165, 1.54) is 12.8 Å². The molecule has 1 aromatic heterocycles. The van der Waals surface area contributed by atoms with E-state index in [2.05, 4.69) is 10.3 Å². The van der Waals surface area contributed by atoms with Gasteiger partial charge in [-0.15, -0.1) is 5.10 Å². The molecule has 1 spiro atoms. The van der Waals surface area contributed by atoms with Gasteiger partial charge in [0.2, 0.25) is 0 Å². The molecule has 1 aromatic rings. The highest BCUT2D eigenvalue weighted by atomic mass is 16.5. The number of nitrogens with zero attached hydrogens (tertiary/aromatic N) is 3. The molecule has 1 aliphatic heterocycles. The van der Waals surface area contributed by atoms with E-state index < -0.39 is 0 Å². The molecule has 18 heavy (non-hydrogen) atoms. The Hall–Kier alpha value is -1.23. The lowest BCUT2D eigenvalue weighted by molar-refractivity contribution is -0.0866. The van der Waals surface area contributed by atoms with Crippen LogP contribution in [0.2, 0.25) is 0 Å². The van der Waals surface area contributed by atoms with Gasteiger partial charge in [-0.1, -0.05) is 18.1 Å². The number of rotatable bonds is 2. The van der Waals surface area contributed by atoms with Crippen LogP contribution in [0.1, 0.15) is 49.0 Å². The summed E-state index contributed by atoms with van der Waals surface area (Å²) in [5, 5.41) is 7.76. The fraction of sp³-hybridized carbons (Fsp3) is 0.769. The third kappa shape index (κ3) is 2.07. The zero-order valence-corrected chi connectivity index (χ0v) is 10.8. The van der Waals surface area contributed by atoms with Crippen LogP contribution in [0.3, 0.4) is 0 Å². The second kappa shape index (κ2) is 4.46. The molecule has 5 nitrogen and oxygen atoms in total. The molecular formula is C13H19N3O2. The molecule has 0 amide bonds. The third-order valence-electron chi connectivity index (χ3n) is 4.23. The highest BCUT2D eigenvalue weighted by Gasteiger charge is 2.42. The van der Waals surface area contributed by atoms with Gasteiger partial charge in [0.1, 0.15) is 5.69 Å². The van der Waals surface area contributed by atoms with Crippen LogP contribution < -0.4 is 0 Å². The van der Waals surface area contributed by atoms with Crippen molar-refractivity contribution in [3.8, 4) is 0 Å². The van der Waals surface area contributed by atoms with Crippen molar-refractivity contribution in [2.45, 2.75) is 44.1 Å². The van der Waals surface area contributed by atoms with Crippen molar-refractivity contribution in [3.05, 3.63) is 11.9 Å². The average molecular weight is 249 g/mol. The summed E-state index contributed by atoms with van der Waals surface area (Å²) in [6.07, 6.45) is 8.06. The first kappa shape index (κ1) is 11.8. The van der Waals surface area contributed by atoms with Crippen LogP contribution >= 0.6 is 0 Å². The van der Waals surface area contributed by atoms with Crippen molar-refractivity contribution in [3.63, 3.8) is 0 Å². The van der Waals surface area contributed by atoms with Crippen molar-refractivity contribution < 1.29 is 9.53 Å². The Labute approximate surface area is 107 Å². The molecule has 2 heterocycles. The predicted molar refractivity (Wildman–Crippen MR) is 65.2 cm³/mol. The second-order valence-electron chi connectivity index (χ2n) is 5.57. The molecule has 2 aliphatic rings. The van der Waals surface area contributed by atoms with E-state index in [1.807, 2.05) is 0 Å². The highest BCUT2D eigenvalue weighted by molar-refractivity contribution is 5.95. The molecule has 98 valence electrons. The molecular weight excluding hydrogens is 230 g/mol. The van der Waals surface area contributed by atoms with E-state index >= 15 is 0 Å². The Bertz CT molecular complexity index is 449. The molecule has 1 aliphatic carbocycles. The van der Waals surface area contributed by atoms with E-state index in [-0.39, 0.29) is 17.3 Å². The summed E-state index contributed by atoms with van der Waals surface area (Å²) < 4.78 is 7.54. The van der Waals surface area contributed by atoms with E-state index in [9.17, 15) is 4.79 Å². The molecule has 2 fully saturated rings. The molecule has 3 rings (SSSR count). The Morgan fingerprint density at radius 3 is 2.94 bits per heavy atom. The smallest absolute Gasteiger partial charge is 0.187 e. The Morgan fingerprint density at radius 2 is 2.28 bits per heavy atom. The topological polar surface area (TPSA) is 57.0 Å². The number of hydrogen-bond acceptors (Lipinski definition) is 4.